The van der Waals surface area contributed by atoms with E-state index in [4.69, 9.17) is 0 Å². The van der Waals surface area contributed by atoms with E-state index in [1.54, 1.807) is 31.2 Å². The van der Waals surface area contributed by atoms with Crippen molar-refractivity contribution in [2.24, 2.45) is 5.41 Å². The number of para-hydroxylation sites is 1. The number of carbonyl (C=O) groups is 3. The Morgan fingerprint density at radius 2 is 1.48 bits per heavy atom. The molecule has 1 saturated heterocycles. The number of hydrogen-bond donors (Lipinski definition) is 0. The van der Waals surface area contributed by atoms with Crippen molar-refractivity contribution in [3.8, 4) is 0 Å². The van der Waals surface area contributed by atoms with Crippen LogP contribution in [-0.2, 0) is 4.79 Å². The van der Waals surface area contributed by atoms with Gasteiger partial charge >= 0.3 is 0 Å². The van der Waals surface area contributed by atoms with E-state index in [1.807, 2.05) is 65.6 Å². The molecule has 0 bridgehead atoms. The fourth-order valence-electron chi connectivity index (χ4n) is 6.11. The molecule has 6 rings (SSSR count). The lowest BCUT2D eigenvalue weighted by Gasteiger charge is -2.37. The van der Waals surface area contributed by atoms with Gasteiger partial charge in [0.15, 0.2) is 17.3 Å². The van der Waals surface area contributed by atoms with E-state index < -0.39 is 23.4 Å². The molecule has 33 heavy (non-hydrogen) atoms. The van der Waals surface area contributed by atoms with Gasteiger partial charge in [0.1, 0.15) is 5.41 Å². The van der Waals surface area contributed by atoms with Crippen LogP contribution in [-0.4, -0.2) is 29.4 Å². The Balaban J connectivity index is 1.68. The lowest BCUT2D eigenvalue weighted by atomic mass is 9.64. The van der Waals surface area contributed by atoms with E-state index >= 15 is 0 Å². The van der Waals surface area contributed by atoms with Crippen LogP contribution in [0.2, 0.25) is 0 Å². The molecule has 1 fully saturated rings. The lowest BCUT2D eigenvalue weighted by Crippen LogP contribution is -2.48. The number of fused-ring (bicyclic) bond motifs is 5. The standard InChI is InChI=1S/C28H20BrNO3/c1-16(31)25-24(18-10-13-19(29)14-11-18)28(26(32)20-7-3-4-8-21(20)27(28)33)23-15-12-17-6-2-5-9-22(17)30(23)25/h2-15,23-25H,1H3. The van der Waals surface area contributed by atoms with E-state index in [0.29, 0.717) is 11.1 Å². The van der Waals surface area contributed by atoms with Crippen molar-refractivity contribution in [2.45, 2.75) is 24.9 Å². The molecular formula is C28H20BrNO3. The number of nitrogens with zero attached hydrogens (tertiary/aromatic N) is 1. The van der Waals surface area contributed by atoms with Gasteiger partial charge in [0.25, 0.3) is 0 Å². The van der Waals surface area contributed by atoms with E-state index in [0.717, 1.165) is 21.3 Å². The van der Waals surface area contributed by atoms with Crippen LogP contribution in [0, 0.1) is 5.41 Å². The van der Waals surface area contributed by atoms with Gasteiger partial charge in [-0.2, -0.15) is 0 Å². The molecule has 5 heteroatoms. The van der Waals surface area contributed by atoms with Crippen molar-refractivity contribution in [3.63, 3.8) is 0 Å². The highest BCUT2D eigenvalue weighted by molar-refractivity contribution is 9.10. The second-order valence-corrected chi connectivity index (χ2v) is 9.84. The zero-order chi connectivity index (χ0) is 22.9. The summed E-state index contributed by atoms with van der Waals surface area (Å²) >= 11 is 3.48. The van der Waals surface area contributed by atoms with Crippen LogP contribution in [0.15, 0.2) is 83.3 Å². The Labute approximate surface area is 200 Å². The van der Waals surface area contributed by atoms with Gasteiger partial charge in [-0.3, -0.25) is 14.4 Å². The molecule has 0 aromatic heterocycles. The summed E-state index contributed by atoms with van der Waals surface area (Å²) in [6.45, 7) is 1.56. The number of Topliss-reactive ketones (excluding diaryl/α,β-unsaturated/α-hetero) is 3. The fourth-order valence-corrected chi connectivity index (χ4v) is 6.38. The minimum absolute atomic E-state index is 0.0635. The number of hydrogen-bond acceptors (Lipinski definition) is 4. The Morgan fingerprint density at radius 1 is 0.879 bits per heavy atom. The first-order valence-electron chi connectivity index (χ1n) is 11.0. The van der Waals surface area contributed by atoms with Gasteiger partial charge in [-0.05, 0) is 36.2 Å². The number of ketones is 3. The Hall–Kier alpha value is -3.31. The molecule has 162 valence electrons. The maximum Gasteiger partial charge on any atom is 0.180 e. The average molecular weight is 498 g/mol. The summed E-state index contributed by atoms with van der Waals surface area (Å²) < 4.78 is 0.896. The van der Waals surface area contributed by atoms with Gasteiger partial charge in [-0.25, -0.2) is 0 Å². The highest BCUT2D eigenvalue weighted by Gasteiger charge is 2.71. The summed E-state index contributed by atoms with van der Waals surface area (Å²) in [5.41, 5.74) is 2.15. The first kappa shape index (κ1) is 20.3. The van der Waals surface area contributed by atoms with Crippen molar-refractivity contribution in [2.75, 3.05) is 4.90 Å². The molecule has 0 saturated carbocycles. The minimum atomic E-state index is -1.40. The third kappa shape index (κ3) is 2.54. The number of anilines is 1. The molecule has 3 unspecified atom stereocenters. The molecule has 0 radical (unpaired) electrons. The molecule has 2 heterocycles. The Bertz CT molecular complexity index is 1340. The van der Waals surface area contributed by atoms with Crippen molar-refractivity contribution in [1.82, 2.24) is 0 Å². The largest absolute Gasteiger partial charge is 0.352 e. The quantitative estimate of drug-likeness (QED) is 0.440. The molecule has 3 aromatic carbocycles. The number of halogens is 1. The molecule has 4 nitrogen and oxygen atoms in total. The van der Waals surface area contributed by atoms with Crippen molar-refractivity contribution in [1.29, 1.82) is 0 Å². The first-order chi connectivity index (χ1) is 16.0. The van der Waals surface area contributed by atoms with Crippen LogP contribution in [0.25, 0.3) is 6.08 Å². The Morgan fingerprint density at radius 3 is 2.12 bits per heavy atom. The predicted molar refractivity (Wildman–Crippen MR) is 131 cm³/mol. The van der Waals surface area contributed by atoms with Gasteiger partial charge in [-0.15, -0.1) is 0 Å². The molecule has 3 aromatic rings. The summed E-state index contributed by atoms with van der Waals surface area (Å²) in [5, 5.41) is 0. The fraction of sp³-hybridized carbons (Fsp3) is 0.179. The topological polar surface area (TPSA) is 54.5 Å². The molecule has 0 N–H and O–H groups in total. The van der Waals surface area contributed by atoms with Crippen LogP contribution in [0.3, 0.4) is 0 Å². The van der Waals surface area contributed by atoms with Gasteiger partial charge in [-0.1, -0.05) is 82.7 Å². The number of benzene rings is 3. The van der Waals surface area contributed by atoms with E-state index in [-0.39, 0.29) is 17.3 Å². The summed E-state index contributed by atoms with van der Waals surface area (Å²) in [7, 11) is 0. The summed E-state index contributed by atoms with van der Waals surface area (Å²) in [6.07, 6.45) is 3.92. The molecule has 1 spiro atoms. The number of carbonyl (C=O) groups excluding carboxylic acids is 3. The van der Waals surface area contributed by atoms with Gasteiger partial charge in [0.2, 0.25) is 0 Å². The lowest BCUT2D eigenvalue weighted by molar-refractivity contribution is -0.118. The van der Waals surface area contributed by atoms with Crippen molar-refractivity contribution >= 4 is 45.0 Å². The molecular weight excluding hydrogens is 478 g/mol. The minimum Gasteiger partial charge on any atom is -0.352 e. The summed E-state index contributed by atoms with van der Waals surface area (Å²) in [5.74, 6) is -1.07. The van der Waals surface area contributed by atoms with Gasteiger partial charge in [0.05, 0.1) is 12.1 Å². The van der Waals surface area contributed by atoms with Crippen LogP contribution < -0.4 is 4.90 Å². The second-order valence-electron chi connectivity index (χ2n) is 8.93. The average Bonchev–Trinajstić information content (AvgIpc) is 3.27. The number of rotatable bonds is 2. The van der Waals surface area contributed by atoms with Gasteiger partial charge in [0, 0.05) is 27.2 Å². The van der Waals surface area contributed by atoms with Crippen LogP contribution in [0.5, 0.6) is 0 Å². The zero-order valence-corrected chi connectivity index (χ0v) is 19.5. The van der Waals surface area contributed by atoms with Crippen LogP contribution >= 0.6 is 15.9 Å². The highest BCUT2D eigenvalue weighted by Crippen LogP contribution is 2.60. The molecule has 1 aliphatic carbocycles. The maximum atomic E-state index is 14.2. The maximum absolute atomic E-state index is 14.2. The Kier molecular flexibility index (Phi) is 4.36. The van der Waals surface area contributed by atoms with E-state index in [2.05, 4.69) is 15.9 Å². The molecule has 2 aliphatic heterocycles. The third-order valence-corrected chi connectivity index (χ3v) is 7.89. The first-order valence-corrected chi connectivity index (χ1v) is 11.8. The SMILES string of the molecule is CC(=O)C1C(c2ccc(Br)cc2)C2(C(=O)c3ccccc3C2=O)C2C=Cc3ccccc3N12. The van der Waals surface area contributed by atoms with Crippen molar-refractivity contribution < 1.29 is 14.4 Å². The van der Waals surface area contributed by atoms with Gasteiger partial charge < -0.3 is 4.90 Å². The zero-order valence-electron chi connectivity index (χ0n) is 17.9. The van der Waals surface area contributed by atoms with Crippen LogP contribution in [0.1, 0.15) is 44.7 Å². The smallest absolute Gasteiger partial charge is 0.180 e. The van der Waals surface area contributed by atoms with E-state index in [9.17, 15) is 14.4 Å². The highest BCUT2D eigenvalue weighted by atomic mass is 79.9. The summed E-state index contributed by atoms with van der Waals surface area (Å²) in [4.78, 5) is 43.7. The summed E-state index contributed by atoms with van der Waals surface area (Å²) in [6, 6.07) is 21.3. The van der Waals surface area contributed by atoms with Crippen LogP contribution in [0.4, 0.5) is 5.69 Å². The van der Waals surface area contributed by atoms with Crippen molar-refractivity contribution in [3.05, 3.63) is 106 Å². The second kappa shape index (κ2) is 7.09. The third-order valence-electron chi connectivity index (χ3n) is 7.36. The normalized spacial score (nSPS) is 24.1. The monoisotopic (exact) mass is 497 g/mol. The molecule has 3 aliphatic rings. The molecule has 0 amide bonds. The molecule has 3 atom stereocenters. The predicted octanol–water partition coefficient (Wildman–Crippen LogP) is 5.47. The van der Waals surface area contributed by atoms with E-state index in [1.165, 1.54) is 0 Å².